The number of nitrogens with one attached hydrogen (secondary N) is 1. The van der Waals surface area contributed by atoms with Gasteiger partial charge in [-0.3, -0.25) is 14.7 Å². The Bertz CT molecular complexity index is 457. The van der Waals surface area contributed by atoms with Crippen LogP contribution in [-0.2, 0) is 0 Å². The van der Waals surface area contributed by atoms with Crippen molar-refractivity contribution in [3.63, 3.8) is 0 Å². The summed E-state index contributed by atoms with van der Waals surface area (Å²) in [6.45, 7) is 3.42. The van der Waals surface area contributed by atoms with Gasteiger partial charge < -0.3 is 5.32 Å². The molecule has 19 heavy (non-hydrogen) atoms. The van der Waals surface area contributed by atoms with E-state index < -0.39 is 0 Å². The van der Waals surface area contributed by atoms with Crippen molar-refractivity contribution in [3.8, 4) is 11.8 Å². The van der Waals surface area contributed by atoms with Crippen LogP contribution in [0.2, 0.25) is 0 Å². The average molecular weight is 258 g/mol. The first-order chi connectivity index (χ1) is 9.36. The molecule has 0 bridgehead atoms. The maximum Gasteiger partial charge on any atom is 0.272 e. The topological polar surface area (TPSA) is 58.1 Å². The van der Waals surface area contributed by atoms with Crippen LogP contribution >= 0.6 is 0 Å². The highest BCUT2D eigenvalue weighted by atomic mass is 16.1. The predicted octanol–water partition coefficient (Wildman–Crippen LogP) is 0.696. The quantitative estimate of drug-likeness (QED) is 0.811. The number of hydrogen-bond acceptors (Lipinski definition) is 4. The molecular formula is C14H18N4O. The third kappa shape index (κ3) is 4.68. The fourth-order valence-electron chi connectivity index (χ4n) is 1.98. The minimum atomic E-state index is -0.236. The number of carbonyl (C=O) groups is 1. The first-order valence-electron chi connectivity index (χ1n) is 6.58. The van der Waals surface area contributed by atoms with Gasteiger partial charge in [0.1, 0.15) is 5.69 Å². The van der Waals surface area contributed by atoms with E-state index in [1.165, 1.54) is 37.9 Å². The highest BCUT2D eigenvalue weighted by Gasteiger charge is 2.07. The third-order valence-corrected chi connectivity index (χ3v) is 3.01. The van der Waals surface area contributed by atoms with Crippen LogP contribution in [0.4, 0.5) is 0 Å². The average Bonchev–Trinajstić information content (AvgIpc) is 2.49. The molecule has 5 heteroatoms. The van der Waals surface area contributed by atoms with Gasteiger partial charge in [-0.25, -0.2) is 4.98 Å². The third-order valence-electron chi connectivity index (χ3n) is 3.01. The minimum absolute atomic E-state index is 0.236. The van der Waals surface area contributed by atoms with Crippen molar-refractivity contribution in [2.24, 2.45) is 0 Å². The summed E-state index contributed by atoms with van der Waals surface area (Å²) < 4.78 is 0. The molecule has 2 heterocycles. The molecule has 0 saturated carbocycles. The Hall–Kier alpha value is -1.93. The fourth-order valence-corrected chi connectivity index (χ4v) is 1.98. The highest BCUT2D eigenvalue weighted by Crippen LogP contribution is 2.06. The first kappa shape index (κ1) is 13.5. The van der Waals surface area contributed by atoms with E-state index >= 15 is 0 Å². The molecule has 1 fully saturated rings. The SMILES string of the molecule is O=C(NCC#CCN1CCCCC1)c1cnccn1. The smallest absolute Gasteiger partial charge is 0.272 e. The summed E-state index contributed by atoms with van der Waals surface area (Å²) >= 11 is 0. The van der Waals surface area contributed by atoms with Crippen molar-refractivity contribution in [2.75, 3.05) is 26.2 Å². The van der Waals surface area contributed by atoms with Crippen LogP contribution in [0.5, 0.6) is 0 Å². The molecule has 2 rings (SSSR count). The molecule has 100 valence electrons. The van der Waals surface area contributed by atoms with Crippen LogP contribution in [-0.4, -0.2) is 47.0 Å². The van der Waals surface area contributed by atoms with E-state index in [1.54, 1.807) is 0 Å². The number of likely N-dealkylation sites (tertiary alicyclic amines) is 1. The van der Waals surface area contributed by atoms with Crippen LogP contribution < -0.4 is 5.32 Å². The number of amides is 1. The maximum atomic E-state index is 11.6. The van der Waals surface area contributed by atoms with Gasteiger partial charge in [-0.05, 0) is 25.9 Å². The summed E-state index contributed by atoms with van der Waals surface area (Å²) in [6, 6.07) is 0. The monoisotopic (exact) mass is 258 g/mol. The Balaban J connectivity index is 1.67. The largest absolute Gasteiger partial charge is 0.340 e. The molecule has 1 aromatic heterocycles. The van der Waals surface area contributed by atoms with Crippen molar-refractivity contribution in [2.45, 2.75) is 19.3 Å². The Morgan fingerprint density at radius 2 is 2.11 bits per heavy atom. The molecule has 1 aliphatic heterocycles. The van der Waals surface area contributed by atoms with Crippen LogP contribution in [0.3, 0.4) is 0 Å². The lowest BCUT2D eigenvalue weighted by molar-refractivity contribution is 0.0953. The van der Waals surface area contributed by atoms with E-state index in [9.17, 15) is 4.79 Å². The Kier molecular flexibility index (Phi) is 5.32. The van der Waals surface area contributed by atoms with Crippen molar-refractivity contribution in [1.82, 2.24) is 20.2 Å². The molecule has 1 N–H and O–H groups in total. The Labute approximate surface area is 113 Å². The van der Waals surface area contributed by atoms with Crippen molar-refractivity contribution < 1.29 is 4.79 Å². The number of nitrogens with zero attached hydrogens (tertiary/aromatic N) is 3. The summed E-state index contributed by atoms with van der Waals surface area (Å²) in [6.07, 6.45) is 8.34. The molecule has 1 aromatic rings. The van der Waals surface area contributed by atoms with Gasteiger partial charge in [0, 0.05) is 12.4 Å². The van der Waals surface area contributed by atoms with Crippen LogP contribution in [0.1, 0.15) is 29.8 Å². The van der Waals surface area contributed by atoms with Crippen molar-refractivity contribution >= 4 is 5.91 Å². The molecule has 0 radical (unpaired) electrons. The molecule has 0 aliphatic carbocycles. The lowest BCUT2D eigenvalue weighted by atomic mass is 10.1. The maximum absolute atomic E-state index is 11.6. The van der Waals surface area contributed by atoms with Gasteiger partial charge >= 0.3 is 0 Å². The van der Waals surface area contributed by atoms with E-state index in [2.05, 4.69) is 32.0 Å². The van der Waals surface area contributed by atoms with E-state index in [0.717, 1.165) is 19.6 Å². The molecule has 1 aliphatic rings. The lowest BCUT2D eigenvalue weighted by Gasteiger charge is -2.23. The lowest BCUT2D eigenvalue weighted by Crippen LogP contribution is -2.30. The molecule has 5 nitrogen and oxygen atoms in total. The second-order valence-electron chi connectivity index (χ2n) is 4.46. The summed E-state index contributed by atoms with van der Waals surface area (Å²) in [5.74, 6) is 5.81. The molecule has 1 saturated heterocycles. The van der Waals surface area contributed by atoms with Crippen LogP contribution in [0.15, 0.2) is 18.6 Å². The minimum Gasteiger partial charge on any atom is -0.340 e. The molecular weight excluding hydrogens is 240 g/mol. The zero-order chi connectivity index (χ0) is 13.3. The zero-order valence-electron chi connectivity index (χ0n) is 10.9. The van der Waals surface area contributed by atoms with Gasteiger partial charge in [0.15, 0.2) is 0 Å². The number of hydrogen-bond donors (Lipinski definition) is 1. The van der Waals surface area contributed by atoms with E-state index in [-0.39, 0.29) is 5.91 Å². The fraction of sp³-hybridized carbons (Fsp3) is 0.500. The number of rotatable bonds is 3. The van der Waals surface area contributed by atoms with Crippen LogP contribution in [0, 0.1) is 11.8 Å². The van der Waals surface area contributed by atoms with Gasteiger partial charge in [-0.2, -0.15) is 0 Å². The summed E-state index contributed by atoms with van der Waals surface area (Å²) in [5.41, 5.74) is 0.320. The number of aromatic nitrogens is 2. The molecule has 0 aromatic carbocycles. The predicted molar refractivity (Wildman–Crippen MR) is 72.4 cm³/mol. The van der Waals surface area contributed by atoms with Crippen molar-refractivity contribution in [3.05, 3.63) is 24.3 Å². The van der Waals surface area contributed by atoms with Gasteiger partial charge in [-0.1, -0.05) is 18.3 Å². The highest BCUT2D eigenvalue weighted by molar-refractivity contribution is 5.91. The normalized spacial score (nSPS) is 15.4. The Morgan fingerprint density at radius 3 is 2.84 bits per heavy atom. The number of piperidine rings is 1. The van der Waals surface area contributed by atoms with Gasteiger partial charge in [0.2, 0.25) is 0 Å². The molecule has 0 atom stereocenters. The van der Waals surface area contributed by atoms with Gasteiger partial charge in [0.05, 0.1) is 19.3 Å². The van der Waals surface area contributed by atoms with Crippen LogP contribution in [0.25, 0.3) is 0 Å². The first-order valence-corrected chi connectivity index (χ1v) is 6.58. The van der Waals surface area contributed by atoms with E-state index in [1.807, 2.05) is 0 Å². The standard InChI is InChI=1S/C14H18N4O/c19-14(13-12-15-7-8-16-13)17-6-2-5-11-18-9-3-1-4-10-18/h7-8,12H,1,3-4,6,9-11H2,(H,17,19). The Morgan fingerprint density at radius 1 is 1.26 bits per heavy atom. The molecule has 1 amide bonds. The van der Waals surface area contributed by atoms with Crippen molar-refractivity contribution in [1.29, 1.82) is 0 Å². The molecule has 0 unspecified atom stereocenters. The second kappa shape index (κ2) is 7.49. The van der Waals surface area contributed by atoms with E-state index in [4.69, 9.17) is 0 Å². The second-order valence-corrected chi connectivity index (χ2v) is 4.46. The van der Waals surface area contributed by atoms with Gasteiger partial charge in [-0.15, -0.1) is 0 Å². The summed E-state index contributed by atoms with van der Waals surface area (Å²) in [7, 11) is 0. The summed E-state index contributed by atoms with van der Waals surface area (Å²) in [4.78, 5) is 21.7. The zero-order valence-corrected chi connectivity index (χ0v) is 10.9. The van der Waals surface area contributed by atoms with E-state index in [0.29, 0.717) is 12.2 Å². The summed E-state index contributed by atoms with van der Waals surface area (Å²) in [5, 5.41) is 2.70. The van der Waals surface area contributed by atoms with Gasteiger partial charge in [0.25, 0.3) is 5.91 Å². The number of carbonyl (C=O) groups excluding carboxylic acids is 1. The molecule has 0 spiro atoms.